The van der Waals surface area contributed by atoms with E-state index in [0.29, 0.717) is 13.1 Å². The molecule has 1 heterocycles. The third kappa shape index (κ3) is 3.61. The van der Waals surface area contributed by atoms with Crippen LogP contribution < -0.4 is 0 Å². The van der Waals surface area contributed by atoms with Crippen LogP contribution in [-0.4, -0.2) is 57.6 Å². The molecule has 0 spiro atoms. The topological polar surface area (TPSA) is 152 Å². The minimum atomic E-state index is -0.964. The van der Waals surface area contributed by atoms with Crippen molar-refractivity contribution in [1.82, 2.24) is 5.01 Å². The van der Waals surface area contributed by atoms with Gasteiger partial charge < -0.3 is 25.0 Å². The van der Waals surface area contributed by atoms with E-state index in [2.05, 4.69) is 10.1 Å². The molecule has 11 heteroatoms. The van der Waals surface area contributed by atoms with E-state index >= 15 is 0 Å². The van der Waals surface area contributed by atoms with Gasteiger partial charge >= 0.3 is 5.97 Å². The van der Waals surface area contributed by atoms with Crippen LogP contribution >= 0.6 is 0 Å². The normalized spacial score (nSPS) is 15.5. The summed E-state index contributed by atoms with van der Waals surface area (Å²) in [7, 11) is 0. The quantitative estimate of drug-likeness (QED) is 0.155. The van der Waals surface area contributed by atoms with E-state index in [1.807, 2.05) is 0 Å². The maximum atomic E-state index is 12.8. The minimum absolute atomic E-state index is 0.0398. The molecule has 0 atom stereocenters. The van der Waals surface area contributed by atoms with E-state index in [-0.39, 0.29) is 38.5 Å². The van der Waals surface area contributed by atoms with Crippen molar-refractivity contribution < 1.29 is 39.1 Å². The first kappa shape index (κ1) is 20.1. The fraction of sp³-hybridized carbons (Fsp3) is 0.250. The van der Waals surface area contributed by atoms with E-state index in [9.17, 15) is 29.8 Å². The number of hydrazine groups is 1. The van der Waals surface area contributed by atoms with Crippen LogP contribution in [0.15, 0.2) is 35.6 Å². The number of rotatable bonds is 5. The Morgan fingerprint density at radius 1 is 1.06 bits per heavy atom. The standard InChI is InChI=1S/C20H17N3O8/c24-14-5-3-4-12-16(14)19(27)17-13(18(12)26)8-11(9-15(17)25)20(28)30-10-31-21-23(29)22-6-1-2-7-22/h3-5,8-9,24-25H,1-2,6-7,10H2. The molecule has 2 aromatic carbocycles. The highest BCUT2D eigenvalue weighted by molar-refractivity contribution is 6.30. The highest BCUT2D eigenvalue weighted by atomic mass is 16.8. The summed E-state index contributed by atoms with van der Waals surface area (Å²) in [6.45, 7) is 0.434. The molecule has 1 aliphatic heterocycles. The van der Waals surface area contributed by atoms with E-state index in [0.717, 1.165) is 25.0 Å². The van der Waals surface area contributed by atoms with Gasteiger partial charge in [0.2, 0.25) is 11.1 Å². The molecule has 0 aromatic heterocycles. The Morgan fingerprint density at radius 2 is 1.77 bits per heavy atom. The third-order valence-electron chi connectivity index (χ3n) is 5.03. The zero-order chi connectivity index (χ0) is 22.1. The summed E-state index contributed by atoms with van der Waals surface area (Å²) < 4.78 is 4.85. The van der Waals surface area contributed by atoms with Crippen LogP contribution in [0.4, 0.5) is 0 Å². The van der Waals surface area contributed by atoms with Crippen LogP contribution in [0.3, 0.4) is 0 Å². The molecule has 2 aromatic rings. The van der Waals surface area contributed by atoms with E-state index < -0.39 is 30.1 Å². The molecule has 1 aliphatic carbocycles. The third-order valence-corrected chi connectivity index (χ3v) is 5.03. The average Bonchev–Trinajstić information content (AvgIpc) is 3.29. The number of ether oxygens (including phenoxy) is 1. The predicted octanol–water partition coefficient (Wildman–Crippen LogP) is 1.89. The Kier molecular flexibility index (Phi) is 5.15. The van der Waals surface area contributed by atoms with Gasteiger partial charge in [0.05, 0.1) is 34.7 Å². The molecule has 0 saturated carbocycles. The summed E-state index contributed by atoms with van der Waals surface area (Å²) in [4.78, 5) is 42.7. The van der Waals surface area contributed by atoms with Gasteiger partial charge in [-0.05, 0) is 31.0 Å². The number of phenols is 2. The molecular formula is C20H17N3O8. The predicted molar refractivity (Wildman–Crippen MR) is 101 cm³/mol. The Morgan fingerprint density at radius 3 is 2.52 bits per heavy atom. The second kappa shape index (κ2) is 7.94. The minimum Gasteiger partial charge on any atom is -0.569 e. The van der Waals surface area contributed by atoms with Crippen molar-refractivity contribution in [2.75, 3.05) is 19.9 Å². The van der Waals surface area contributed by atoms with Gasteiger partial charge in [-0.1, -0.05) is 12.1 Å². The largest absolute Gasteiger partial charge is 0.569 e. The summed E-state index contributed by atoms with van der Waals surface area (Å²) in [5.74, 6) is -3.33. The average molecular weight is 427 g/mol. The van der Waals surface area contributed by atoms with Crippen molar-refractivity contribution in [1.29, 1.82) is 0 Å². The maximum Gasteiger partial charge on any atom is 0.341 e. The molecule has 0 unspecified atom stereocenters. The smallest absolute Gasteiger partial charge is 0.341 e. The highest BCUT2D eigenvalue weighted by Gasteiger charge is 2.35. The monoisotopic (exact) mass is 427 g/mol. The van der Waals surface area contributed by atoms with Gasteiger partial charge in [0.15, 0.2) is 5.78 Å². The first-order valence-corrected chi connectivity index (χ1v) is 9.39. The number of nitrogens with zero attached hydrogens (tertiary/aromatic N) is 3. The van der Waals surface area contributed by atoms with Gasteiger partial charge in [-0.2, -0.15) is 0 Å². The van der Waals surface area contributed by atoms with Gasteiger partial charge in [0.1, 0.15) is 11.5 Å². The van der Waals surface area contributed by atoms with E-state index in [1.54, 1.807) is 0 Å². The number of carbonyl (C=O) groups excluding carboxylic acids is 3. The summed E-state index contributed by atoms with van der Waals surface area (Å²) in [6.07, 6.45) is 1.74. The molecule has 1 saturated heterocycles. The molecule has 0 bridgehead atoms. The molecule has 160 valence electrons. The fourth-order valence-corrected chi connectivity index (χ4v) is 3.56. The lowest BCUT2D eigenvalue weighted by molar-refractivity contribution is -0.708. The van der Waals surface area contributed by atoms with Crippen LogP contribution in [-0.2, 0) is 9.57 Å². The van der Waals surface area contributed by atoms with Crippen LogP contribution in [0.5, 0.6) is 11.5 Å². The Bertz CT molecular complexity index is 1120. The van der Waals surface area contributed by atoms with Gasteiger partial charge in [0.25, 0.3) is 6.79 Å². The number of phenolic OH excluding ortho intramolecular Hbond substituents is 2. The van der Waals surface area contributed by atoms with Crippen LogP contribution in [0, 0.1) is 5.21 Å². The summed E-state index contributed by atoms with van der Waals surface area (Å²) in [6, 6.07) is 6.12. The first-order valence-electron chi connectivity index (χ1n) is 9.39. The Hall–Kier alpha value is -4.15. The molecule has 0 amide bonds. The number of fused-ring (bicyclic) bond motifs is 2. The zero-order valence-corrected chi connectivity index (χ0v) is 16.1. The summed E-state index contributed by atoms with van der Waals surface area (Å²) in [5, 5.41) is 36.6. The summed E-state index contributed by atoms with van der Waals surface area (Å²) in [5.41, 5.74) is -0.958. The SMILES string of the molecule is O=C(OCON=[N+]([O-])N1CCCC1)c1cc(O)c2c(c1)C(=O)c1cccc(O)c1C2=O. The van der Waals surface area contributed by atoms with Crippen molar-refractivity contribution in [2.45, 2.75) is 12.8 Å². The van der Waals surface area contributed by atoms with Crippen LogP contribution in [0.25, 0.3) is 0 Å². The van der Waals surface area contributed by atoms with Crippen LogP contribution in [0.2, 0.25) is 0 Å². The number of aromatic hydroxyl groups is 2. The van der Waals surface area contributed by atoms with Crippen LogP contribution in [0.1, 0.15) is 55.0 Å². The number of ketones is 2. The van der Waals surface area contributed by atoms with Gasteiger partial charge in [-0.25, -0.2) is 4.79 Å². The molecule has 2 N–H and O–H groups in total. The number of hydrogen-bond donors (Lipinski definition) is 2. The molecule has 4 rings (SSSR count). The number of hydrogen-bond acceptors (Lipinski definition) is 9. The molecule has 31 heavy (non-hydrogen) atoms. The van der Waals surface area contributed by atoms with Crippen molar-refractivity contribution in [3.8, 4) is 11.5 Å². The second-order valence-corrected chi connectivity index (χ2v) is 6.95. The van der Waals surface area contributed by atoms with Crippen molar-refractivity contribution in [2.24, 2.45) is 5.28 Å². The first-order chi connectivity index (χ1) is 14.9. The number of benzene rings is 2. The van der Waals surface area contributed by atoms with Gasteiger partial charge in [-0.3, -0.25) is 9.59 Å². The highest BCUT2D eigenvalue weighted by Crippen LogP contribution is 2.37. The fourth-order valence-electron chi connectivity index (χ4n) is 3.56. The van der Waals surface area contributed by atoms with Crippen molar-refractivity contribution in [3.05, 3.63) is 63.4 Å². The number of esters is 1. The lowest BCUT2D eigenvalue weighted by atomic mass is 9.82. The van der Waals surface area contributed by atoms with E-state index in [1.165, 1.54) is 23.2 Å². The van der Waals surface area contributed by atoms with E-state index in [4.69, 9.17) is 4.74 Å². The second-order valence-electron chi connectivity index (χ2n) is 6.95. The maximum absolute atomic E-state index is 12.8. The molecule has 0 radical (unpaired) electrons. The number of carbonyl (C=O) groups is 3. The zero-order valence-electron chi connectivity index (χ0n) is 16.1. The lowest BCUT2D eigenvalue weighted by Gasteiger charge is -2.19. The Labute approximate surface area is 175 Å². The van der Waals surface area contributed by atoms with Gasteiger partial charge in [-0.15, -0.1) is 5.01 Å². The molecule has 1 fully saturated rings. The van der Waals surface area contributed by atoms with Crippen molar-refractivity contribution in [3.63, 3.8) is 0 Å². The summed E-state index contributed by atoms with van der Waals surface area (Å²) >= 11 is 0. The lowest BCUT2D eigenvalue weighted by Crippen LogP contribution is -2.27. The van der Waals surface area contributed by atoms with Gasteiger partial charge in [0, 0.05) is 11.1 Å². The Balaban J connectivity index is 1.51. The molecular weight excluding hydrogens is 410 g/mol. The molecule has 11 nitrogen and oxygen atoms in total. The van der Waals surface area contributed by atoms with Crippen molar-refractivity contribution >= 4 is 17.5 Å². The molecule has 2 aliphatic rings.